The van der Waals surface area contributed by atoms with Crippen LogP contribution in [-0.2, 0) is 41.4 Å². The minimum absolute atomic E-state index is 0.149. The van der Waals surface area contributed by atoms with E-state index in [9.17, 15) is 44.4 Å². The molecule has 7 N–H and O–H groups in total. The Labute approximate surface area is 218 Å². The Balaban J connectivity index is 2.39. The number of phosphoric ester groups is 1. The lowest BCUT2D eigenvalue weighted by Crippen LogP contribution is -2.55. The number of hydrogen-bond donors (Lipinski definition) is 7. The third kappa shape index (κ3) is 9.73. The topological polar surface area (TPSA) is 221 Å². The number of ketones is 1. The smallest absolute Gasteiger partial charge is 0.394 e. The second-order valence-corrected chi connectivity index (χ2v) is 9.45. The first kappa shape index (κ1) is 31.8. The number of aliphatic hydroxyl groups is 5. The van der Waals surface area contributed by atoms with Gasteiger partial charge >= 0.3 is 7.82 Å². The van der Waals surface area contributed by atoms with Gasteiger partial charge in [-0.05, 0) is 11.1 Å². The molecule has 0 heterocycles. The molecule has 0 amide bonds. The second kappa shape index (κ2) is 15.3. The number of aliphatic hydroxyl groups excluding tert-OH is 5. The van der Waals surface area contributed by atoms with Crippen molar-refractivity contribution in [3.63, 3.8) is 0 Å². The quantitative estimate of drug-likeness (QED) is 0.0901. The Morgan fingerprint density at radius 1 is 0.842 bits per heavy atom. The monoisotopic (exact) mass is 558 g/mol. The lowest BCUT2D eigenvalue weighted by Gasteiger charge is -2.33. The summed E-state index contributed by atoms with van der Waals surface area (Å²) < 4.78 is 27.3. The molecule has 2 aromatic rings. The summed E-state index contributed by atoms with van der Waals surface area (Å²) in [6, 6.07) is 16.9. The number of Topliss-reactive ketones (excluding diaryl/α,β-unsaturated/α-hetero) is 1. The molecule has 0 aliphatic carbocycles. The first-order chi connectivity index (χ1) is 18.0. The van der Waals surface area contributed by atoms with Crippen LogP contribution in [0.15, 0.2) is 60.7 Å². The van der Waals surface area contributed by atoms with Gasteiger partial charge in [0.1, 0.15) is 36.6 Å². The van der Waals surface area contributed by atoms with Gasteiger partial charge in [0.15, 0.2) is 18.2 Å². The molecule has 14 heteroatoms. The largest absolute Gasteiger partial charge is 0.470 e. The zero-order valence-electron chi connectivity index (χ0n) is 20.0. The molecule has 2 aromatic carbocycles. The van der Waals surface area contributed by atoms with Crippen molar-refractivity contribution in [3.8, 4) is 0 Å². The Hall–Kier alpha value is -2.39. The predicted molar refractivity (Wildman–Crippen MR) is 129 cm³/mol. The van der Waals surface area contributed by atoms with Gasteiger partial charge in [-0.2, -0.15) is 0 Å². The van der Waals surface area contributed by atoms with Crippen LogP contribution in [0, 0.1) is 0 Å². The summed E-state index contributed by atoms with van der Waals surface area (Å²) in [5.41, 5.74) is 1.20. The zero-order chi connectivity index (χ0) is 28.3. The number of aldehydes is 1. The average Bonchev–Trinajstić information content (AvgIpc) is 2.92. The van der Waals surface area contributed by atoms with Gasteiger partial charge in [0, 0.05) is 0 Å². The van der Waals surface area contributed by atoms with Gasteiger partial charge in [0.25, 0.3) is 0 Å². The lowest BCUT2D eigenvalue weighted by atomic mass is 9.94. The Kier molecular flexibility index (Phi) is 12.8. The predicted octanol–water partition coefficient (Wildman–Crippen LogP) is -1.16. The standard InChI is InChI=1S/C24H31O13P/c25-11-17(27)19(28)20(29)21(30)24(37-38(32,33)34)22(31)23(36-14-16-9-5-2-6-10-16)18(12-26)35-13-15-7-3-1-4-8-15/h1-10,12,17-20,22-25,27-29,31H,11,13-14H2,(H2,32,33,34)/t17-,18+,19-,20+,22+,23-,24-/m1/s1. The summed E-state index contributed by atoms with van der Waals surface area (Å²) in [5.74, 6) is -1.66. The van der Waals surface area contributed by atoms with Crippen molar-refractivity contribution in [1.82, 2.24) is 0 Å². The molecular formula is C24H31O13P. The van der Waals surface area contributed by atoms with Crippen LogP contribution >= 0.6 is 7.82 Å². The molecule has 0 spiro atoms. The highest BCUT2D eigenvalue weighted by Crippen LogP contribution is 2.39. The van der Waals surface area contributed by atoms with E-state index in [0.29, 0.717) is 11.1 Å². The summed E-state index contributed by atoms with van der Waals surface area (Å²) in [5, 5.41) is 49.7. The summed E-state index contributed by atoms with van der Waals surface area (Å²) >= 11 is 0. The van der Waals surface area contributed by atoms with E-state index in [1.54, 1.807) is 60.7 Å². The maximum Gasteiger partial charge on any atom is 0.470 e. The molecule has 210 valence electrons. The fourth-order valence-corrected chi connectivity index (χ4v) is 3.91. The van der Waals surface area contributed by atoms with Crippen LogP contribution in [0.5, 0.6) is 0 Å². The van der Waals surface area contributed by atoms with Crippen molar-refractivity contribution in [1.29, 1.82) is 0 Å². The van der Waals surface area contributed by atoms with Crippen LogP contribution in [0.4, 0.5) is 0 Å². The lowest BCUT2D eigenvalue weighted by molar-refractivity contribution is -0.174. The van der Waals surface area contributed by atoms with Crippen LogP contribution in [-0.4, -0.2) is 96.7 Å². The molecule has 0 aliphatic rings. The van der Waals surface area contributed by atoms with E-state index >= 15 is 0 Å². The summed E-state index contributed by atoms with van der Waals surface area (Å²) in [7, 11) is -5.52. The van der Waals surface area contributed by atoms with Gasteiger partial charge in [-0.1, -0.05) is 60.7 Å². The molecular weight excluding hydrogens is 527 g/mol. The Morgan fingerprint density at radius 3 is 1.79 bits per heavy atom. The van der Waals surface area contributed by atoms with Gasteiger partial charge in [0.05, 0.1) is 19.8 Å². The SMILES string of the molecule is O=C[C@H](OCc1ccccc1)[C@@H](OCc1ccccc1)[C@H](O)[C@H](OP(=O)(O)O)C(=O)[C@@H](O)[C@H](O)[C@H](O)CO. The van der Waals surface area contributed by atoms with Crippen molar-refractivity contribution >= 4 is 19.9 Å². The van der Waals surface area contributed by atoms with Crippen molar-refractivity contribution < 1.29 is 63.5 Å². The Morgan fingerprint density at radius 2 is 1.34 bits per heavy atom. The normalized spacial score (nSPS) is 17.6. The number of ether oxygens (including phenoxy) is 2. The molecule has 0 aromatic heterocycles. The number of rotatable bonds is 17. The second-order valence-electron chi connectivity index (χ2n) is 8.25. The van der Waals surface area contributed by atoms with Gasteiger partial charge < -0.3 is 49.6 Å². The molecule has 0 unspecified atom stereocenters. The molecule has 0 saturated carbocycles. The summed E-state index contributed by atoms with van der Waals surface area (Å²) in [6.07, 6.45) is -14.9. The highest BCUT2D eigenvalue weighted by Gasteiger charge is 2.46. The summed E-state index contributed by atoms with van der Waals surface area (Å²) in [4.78, 5) is 43.6. The average molecular weight is 558 g/mol. The van der Waals surface area contributed by atoms with E-state index in [-0.39, 0.29) is 19.5 Å². The van der Waals surface area contributed by atoms with E-state index in [1.165, 1.54) is 0 Å². The Bertz CT molecular complexity index is 1030. The molecule has 13 nitrogen and oxygen atoms in total. The van der Waals surface area contributed by atoms with Crippen molar-refractivity contribution in [2.24, 2.45) is 0 Å². The number of carbonyl (C=O) groups excluding carboxylic acids is 2. The highest BCUT2D eigenvalue weighted by atomic mass is 31.2. The highest BCUT2D eigenvalue weighted by molar-refractivity contribution is 7.46. The maximum absolute atomic E-state index is 12.9. The molecule has 0 bridgehead atoms. The fourth-order valence-electron chi connectivity index (χ4n) is 3.39. The van der Waals surface area contributed by atoms with Crippen LogP contribution < -0.4 is 0 Å². The van der Waals surface area contributed by atoms with Crippen molar-refractivity contribution in [2.75, 3.05) is 6.61 Å². The summed E-state index contributed by atoms with van der Waals surface area (Å²) in [6.45, 7) is -1.46. The van der Waals surface area contributed by atoms with E-state index in [0.717, 1.165) is 0 Å². The van der Waals surface area contributed by atoms with E-state index in [4.69, 9.17) is 14.6 Å². The molecule has 38 heavy (non-hydrogen) atoms. The minimum atomic E-state index is -5.52. The molecule has 0 fully saturated rings. The third-order valence-electron chi connectivity index (χ3n) is 5.40. The molecule has 0 radical (unpaired) electrons. The van der Waals surface area contributed by atoms with E-state index in [1.807, 2.05) is 0 Å². The van der Waals surface area contributed by atoms with Gasteiger partial charge in [-0.25, -0.2) is 4.57 Å². The zero-order valence-corrected chi connectivity index (χ0v) is 20.9. The van der Waals surface area contributed by atoms with Crippen LogP contribution in [0.3, 0.4) is 0 Å². The molecule has 0 aliphatic heterocycles. The van der Waals surface area contributed by atoms with Gasteiger partial charge in [-0.15, -0.1) is 0 Å². The first-order valence-corrected chi connectivity index (χ1v) is 12.9. The number of phosphoric acid groups is 1. The number of hydrogen-bond acceptors (Lipinski definition) is 11. The third-order valence-corrected chi connectivity index (χ3v) is 5.90. The molecule has 7 atom stereocenters. The van der Waals surface area contributed by atoms with E-state index < -0.39 is 62.9 Å². The maximum atomic E-state index is 12.9. The van der Waals surface area contributed by atoms with Crippen LogP contribution in [0.2, 0.25) is 0 Å². The van der Waals surface area contributed by atoms with E-state index in [2.05, 4.69) is 4.52 Å². The first-order valence-electron chi connectivity index (χ1n) is 11.4. The van der Waals surface area contributed by atoms with Crippen molar-refractivity contribution in [2.45, 2.75) is 55.9 Å². The van der Waals surface area contributed by atoms with Crippen molar-refractivity contribution in [3.05, 3.63) is 71.8 Å². The molecule has 0 saturated heterocycles. The van der Waals surface area contributed by atoms with Crippen LogP contribution in [0.25, 0.3) is 0 Å². The number of benzene rings is 2. The van der Waals surface area contributed by atoms with Gasteiger partial charge in [-0.3, -0.25) is 9.32 Å². The minimum Gasteiger partial charge on any atom is -0.394 e. The number of carbonyl (C=O) groups is 2. The van der Waals surface area contributed by atoms with Crippen LogP contribution in [0.1, 0.15) is 11.1 Å². The fraction of sp³-hybridized carbons (Fsp3) is 0.417. The van der Waals surface area contributed by atoms with Gasteiger partial charge in [0.2, 0.25) is 0 Å². The molecule has 2 rings (SSSR count).